The van der Waals surface area contributed by atoms with Crippen LogP contribution in [0.25, 0.3) is 11.3 Å². The fourth-order valence-corrected chi connectivity index (χ4v) is 1.29. The Morgan fingerprint density at radius 2 is 2.33 bits per heavy atom. The molecule has 0 saturated carbocycles. The molecule has 6 nitrogen and oxygen atoms in total. The Labute approximate surface area is 86.0 Å². The molecule has 0 bridgehead atoms. The number of nitrogens with one attached hydrogen (secondary N) is 1. The van der Waals surface area contributed by atoms with Crippen LogP contribution in [0.5, 0.6) is 0 Å². The molecule has 0 amide bonds. The van der Waals surface area contributed by atoms with E-state index in [1.165, 1.54) is 4.68 Å². The molecule has 0 aromatic carbocycles. The average molecular weight is 202 g/mol. The van der Waals surface area contributed by atoms with Crippen LogP contribution in [0.1, 0.15) is 0 Å². The van der Waals surface area contributed by atoms with Gasteiger partial charge in [0, 0.05) is 37.9 Å². The topological polar surface area (TPSA) is 71.8 Å². The van der Waals surface area contributed by atoms with Crippen LogP contribution in [-0.4, -0.2) is 26.2 Å². The zero-order valence-electron chi connectivity index (χ0n) is 8.25. The summed E-state index contributed by atoms with van der Waals surface area (Å²) in [5.41, 5.74) is 1.53. The highest BCUT2D eigenvalue weighted by molar-refractivity contribution is 5.54. The highest BCUT2D eigenvalue weighted by atomic mass is 15.3. The molecule has 0 aliphatic carbocycles. The zero-order chi connectivity index (χ0) is 10.8. The lowest BCUT2D eigenvalue weighted by molar-refractivity contribution is 0.767. The number of hydrogen-bond donors (Lipinski definition) is 1. The van der Waals surface area contributed by atoms with Crippen LogP contribution < -0.4 is 5.49 Å². The molecule has 2 aromatic rings. The Balaban J connectivity index is 2.63. The monoisotopic (exact) mass is 202 g/mol. The lowest BCUT2D eigenvalue weighted by Gasteiger charge is -2.00. The number of aromatic nitrogens is 4. The molecule has 0 spiro atoms. The Morgan fingerprint density at radius 3 is 2.93 bits per heavy atom. The van der Waals surface area contributed by atoms with E-state index in [9.17, 15) is 0 Å². The van der Waals surface area contributed by atoms with E-state index in [-0.39, 0.29) is 5.49 Å². The van der Waals surface area contributed by atoms with Gasteiger partial charge in [0.1, 0.15) is 5.69 Å². The summed E-state index contributed by atoms with van der Waals surface area (Å²) in [4.78, 5) is 4.12. The molecule has 0 aliphatic heterocycles. The molecule has 1 N–H and O–H groups in total. The first-order chi connectivity index (χ1) is 7.22. The predicted molar refractivity (Wildman–Crippen MR) is 55.2 cm³/mol. The first kappa shape index (κ1) is 9.32. The number of hydrogen-bond acceptors (Lipinski definition) is 4. The lowest BCUT2D eigenvalue weighted by Crippen LogP contribution is -2.18. The van der Waals surface area contributed by atoms with Crippen molar-refractivity contribution in [1.82, 2.24) is 19.4 Å². The Bertz CT molecular complexity index is 550. The number of aryl methyl sites for hydroxylation is 1. The van der Waals surface area contributed by atoms with Crippen LogP contribution in [0.4, 0.5) is 0 Å². The fraction of sp³-hybridized carbons (Fsp3) is 0.111. The van der Waals surface area contributed by atoms with Gasteiger partial charge in [0.05, 0.1) is 6.20 Å². The molecule has 0 radical (unpaired) electrons. The summed E-state index contributed by atoms with van der Waals surface area (Å²) in [6.45, 7) is 3.38. The summed E-state index contributed by atoms with van der Waals surface area (Å²) >= 11 is 0. The van der Waals surface area contributed by atoms with E-state index in [4.69, 9.17) is 5.41 Å². The van der Waals surface area contributed by atoms with Crippen molar-refractivity contribution in [3.05, 3.63) is 30.3 Å². The molecule has 76 valence electrons. The average Bonchev–Trinajstić information content (AvgIpc) is 2.65. The summed E-state index contributed by atoms with van der Waals surface area (Å²) in [6.07, 6.45) is 6.62. The molecule has 2 rings (SSSR count). The van der Waals surface area contributed by atoms with Gasteiger partial charge in [-0.15, -0.1) is 0 Å². The zero-order valence-corrected chi connectivity index (χ0v) is 8.25. The quantitative estimate of drug-likeness (QED) is 0.708. The van der Waals surface area contributed by atoms with Gasteiger partial charge in [-0.1, -0.05) is 0 Å². The van der Waals surface area contributed by atoms with Gasteiger partial charge >= 0.3 is 0 Å². The first-order valence-electron chi connectivity index (χ1n) is 4.30. The van der Waals surface area contributed by atoms with Crippen molar-refractivity contribution in [3.8, 4) is 11.3 Å². The second-order valence-electron chi connectivity index (χ2n) is 3.01. The first-order valence-corrected chi connectivity index (χ1v) is 4.30. The van der Waals surface area contributed by atoms with E-state index < -0.39 is 0 Å². The smallest absolute Gasteiger partial charge is 0.172 e. The summed E-state index contributed by atoms with van der Waals surface area (Å²) in [6, 6.07) is 0. The molecule has 2 heterocycles. The highest BCUT2D eigenvalue weighted by Crippen LogP contribution is 2.09. The molecule has 0 saturated heterocycles. The SMILES string of the molecule is C=Nn1ccnc(-c2cnn(C)c2)c1=N. The Hall–Kier alpha value is -2.24. The summed E-state index contributed by atoms with van der Waals surface area (Å²) < 4.78 is 3.02. The molecule has 0 atom stereocenters. The number of rotatable bonds is 2. The van der Waals surface area contributed by atoms with E-state index in [0.717, 1.165) is 5.56 Å². The van der Waals surface area contributed by atoms with Crippen molar-refractivity contribution in [3.63, 3.8) is 0 Å². The Kier molecular flexibility index (Phi) is 2.17. The number of nitrogens with zero attached hydrogens (tertiary/aromatic N) is 5. The van der Waals surface area contributed by atoms with Crippen LogP contribution >= 0.6 is 0 Å². The van der Waals surface area contributed by atoms with Gasteiger partial charge in [-0.25, -0.2) is 4.68 Å². The van der Waals surface area contributed by atoms with Crippen molar-refractivity contribution in [1.29, 1.82) is 5.41 Å². The van der Waals surface area contributed by atoms with Crippen molar-refractivity contribution < 1.29 is 0 Å². The minimum Gasteiger partial charge on any atom is -0.281 e. The molecule has 6 heteroatoms. The van der Waals surface area contributed by atoms with E-state index in [2.05, 4.69) is 21.9 Å². The predicted octanol–water partition coefficient (Wildman–Crippen LogP) is 0.227. The van der Waals surface area contributed by atoms with Gasteiger partial charge in [0.25, 0.3) is 0 Å². The van der Waals surface area contributed by atoms with Crippen LogP contribution in [0.3, 0.4) is 0 Å². The maximum absolute atomic E-state index is 7.82. The second-order valence-corrected chi connectivity index (χ2v) is 3.01. The molecule has 2 aromatic heterocycles. The van der Waals surface area contributed by atoms with Gasteiger partial charge in [0.2, 0.25) is 0 Å². The standard InChI is InChI=1S/C9H10N6/c1-11-15-4-3-12-8(9(15)10)7-5-13-14(2)6-7/h3-6,10H,1H2,2H3. The maximum atomic E-state index is 7.82. The fourth-order valence-electron chi connectivity index (χ4n) is 1.29. The van der Waals surface area contributed by atoms with Gasteiger partial charge in [-0.05, 0) is 0 Å². The third-order valence-corrected chi connectivity index (χ3v) is 2.00. The third kappa shape index (κ3) is 1.56. The summed E-state index contributed by atoms with van der Waals surface area (Å²) in [7, 11) is 1.82. The molecule has 0 unspecified atom stereocenters. The van der Waals surface area contributed by atoms with E-state index in [0.29, 0.717) is 5.69 Å². The molecular weight excluding hydrogens is 192 g/mol. The third-order valence-electron chi connectivity index (χ3n) is 2.00. The lowest BCUT2D eigenvalue weighted by atomic mass is 10.2. The normalized spacial score (nSPS) is 10.2. The van der Waals surface area contributed by atoms with E-state index in [1.54, 1.807) is 29.5 Å². The second kappa shape index (κ2) is 3.49. The molecular formula is C9H10N6. The van der Waals surface area contributed by atoms with Gasteiger partial charge in [-0.2, -0.15) is 10.2 Å². The van der Waals surface area contributed by atoms with Crippen molar-refractivity contribution in [2.24, 2.45) is 12.1 Å². The van der Waals surface area contributed by atoms with E-state index in [1.807, 2.05) is 7.05 Å². The Morgan fingerprint density at radius 1 is 1.53 bits per heavy atom. The molecule has 0 aliphatic rings. The molecule has 0 fully saturated rings. The highest BCUT2D eigenvalue weighted by Gasteiger charge is 2.05. The van der Waals surface area contributed by atoms with Crippen LogP contribution in [-0.2, 0) is 7.05 Å². The van der Waals surface area contributed by atoms with E-state index >= 15 is 0 Å². The molecule has 15 heavy (non-hydrogen) atoms. The minimum absolute atomic E-state index is 0.195. The maximum Gasteiger partial charge on any atom is 0.172 e. The summed E-state index contributed by atoms with van der Waals surface area (Å²) in [5, 5.41) is 15.5. The van der Waals surface area contributed by atoms with Crippen LogP contribution in [0, 0.1) is 5.41 Å². The van der Waals surface area contributed by atoms with Crippen LogP contribution in [0.15, 0.2) is 29.9 Å². The van der Waals surface area contributed by atoms with Crippen molar-refractivity contribution >= 4 is 6.72 Å². The summed E-state index contributed by atoms with van der Waals surface area (Å²) in [5.74, 6) is 0. The van der Waals surface area contributed by atoms with Gasteiger partial charge in [-0.3, -0.25) is 15.1 Å². The minimum atomic E-state index is 0.195. The van der Waals surface area contributed by atoms with Gasteiger partial charge in [0.15, 0.2) is 5.49 Å². The van der Waals surface area contributed by atoms with Crippen LogP contribution in [0.2, 0.25) is 0 Å². The van der Waals surface area contributed by atoms with Crippen molar-refractivity contribution in [2.75, 3.05) is 0 Å². The van der Waals surface area contributed by atoms with Crippen molar-refractivity contribution in [2.45, 2.75) is 0 Å². The van der Waals surface area contributed by atoms with Gasteiger partial charge < -0.3 is 0 Å². The largest absolute Gasteiger partial charge is 0.281 e.